The van der Waals surface area contributed by atoms with Gasteiger partial charge in [0.15, 0.2) is 0 Å². The van der Waals surface area contributed by atoms with Crippen LogP contribution in [0.3, 0.4) is 0 Å². The average molecular weight is 577 g/mol. The van der Waals surface area contributed by atoms with Crippen LogP contribution in [0.2, 0.25) is 0 Å². The van der Waals surface area contributed by atoms with Crippen LogP contribution in [0, 0.1) is 45.3 Å². The van der Waals surface area contributed by atoms with Gasteiger partial charge in [0.25, 0.3) is 0 Å². The molecule has 2 aliphatic rings. The molecule has 0 atom stereocenters. The Morgan fingerprint density at radius 2 is 0.900 bits per heavy atom. The number of hydrogen-bond donors (Lipinski definition) is 0. The first-order valence-electron chi connectivity index (χ1n) is 11.1. The van der Waals surface area contributed by atoms with Crippen LogP contribution in [0.4, 0.5) is 26.3 Å². The van der Waals surface area contributed by atoms with Gasteiger partial charge < -0.3 is 0 Å². The molecule has 0 N–H and O–H groups in total. The van der Waals surface area contributed by atoms with Crippen LogP contribution in [0.1, 0.15) is 32.0 Å². The lowest BCUT2D eigenvalue weighted by Gasteiger charge is -2.10. The Bertz CT molecular complexity index is 1900. The van der Waals surface area contributed by atoms with Crippen LogP contribution in [0.15, 0.2) is 47.5 Å². The number of halogens is 6. The molecule has 0 saturated carbocycles. The van der Waals surface area contributed by atoms with Crippen LogP contribution >= 0.6 is 22.7 Å². The van der Waals surface area contributed by atoms with Crippen LogP contribution < -0.4 is 0 Å². The van der Waals surface area contributed by atoms with Crippen LogP contribution in [0.25, 0.3) is 42.8 Å². The van der Waals surface area contributed by atoms with Crippen molar-refractivity contribution < 1.29 is 26.3 Å². The average Bonchev–Trinajstić information content (AvgIpc) is 3.60. The highest BCUT2D eigenvalue weighted by atomic mass is 32.1. The quantitative estimate of drug-likeness (QED) is 0.134. The Kier molecular flexibility index (Phi) is 5.28. The largest absolute Gasteiger partial charge is 0.416 e. The number of benzene rings is 2. The molecule has 2 aromatic carbocycles. The number of nitrogens with zero attached hydrogens (tertiary/aromatic N) is 4. The predicted octanol–water partition coefficient (Wildman–Crippen LogP) is 8.66. The van der Waals surface area contributed by atoms with Crippen LogP contribution in [0.5, 0.6) is 0 Å². The standard InChI is InChI=1S/C28H6F6N4S2/c29-27(30,31)13-1-3-15-17(5-13)19(11(7-35)8-36)23-21(15)25-26(39-23)22-16-4-2-14(28(32,33)34)6-18(16)20(24(22)40-25)12(9-37)10-38/h1-6H. The molecule has 2 heterocycles. The van der Waals surface area contributed by atoms with E-state index in [1.165, 1.54) is 12.1 Å². The van der Waals surface area contributed by atoms with E-state index in [2.05, 4.69) is 0 Å². The van der Waals surface area contributed by atoms with Gasteiger partial charge in [0.2, 0.25) is 0 Å². The summed E-state index contributed by atoms with van der Waals surface area (Å²) in [5, 5.41) is 38.5. The van der Waals surface area contributed by atoms with Gasteiger partial charge in [0.1, 0.15) is 35.4 Å². The molecule has 0 radical (unpaired) electrons. The minimum absolute atomic E-state index is 0.0550. The fourth-order valence-electron chi connectivity index (χ4n) is 5.08. The van der Waals surface area contributed by atoms with Gasteiger partial charge >= 0.3 is 12.4 Å². The molecule has 40 heavy (non-hydrogen) atoms. The molecule has 192 valence electrons. The van der Waals surface area contributed by atoms with Crippen molar-refractivity contribution in [1.29, 1.82) is 21.0 Å². The maximum atomic E-state index is 13.5. The lowest BCUT2D eigenvalue weighted by atomic mass is 9.99. The number of hydrogen-bond acceptors (Lipinski definition) is 6. The molecule has 2 aliphatic carbocycles. The summed E-state index contributed by atoms with van der Waals surface area (Å²) in [4.78, 5) is 0.784. The van der Waals surface area contributed by atoms with Gasteiger partial charge in [-0.15, -0.1) is 22.7 Å². The van der Waals surface area contributed by atoms with E-state index in [9.17, 15) is 47.4 Å². The first-order valence-corrected chi connectivity index (χ1v) is 12.7. The van der Waals surface area contributed by atoms with Crippen LogP contribution in [-0.4, -0.2) is 0 Å². The van der Waals surface area contributed by atoms with E-state index in [-0.39, 0.29) is 33.4 Å². The third kappa shape index (κ3) is 3.34. The molecule has 6 rings (SSSR count). The Labute approximate surface area is 228 Å². The zero-order chi connectivity index (χ0) is 28.7. The maximum Gasteiger partial charge on any atom is 0.416 e. The van der Waals surface area contributed by atoms with Gasteiger partial charge in [-0.2, -0.15) is 47.4 Å². The first-order chi connectivity index (χ1) is 18.9. The molecule has 0 spiro atoms. The number of alkyl halides is 6. The number of nitriles is 4. The summed E-state index contributed by atoms with van der Waals surface area (Å²) in [5.74, 6) is 0. The van der Waals surface area contributed by atoms with E-state index in [1.54, 1.807) is 24.3 Å². The maximum absolute atomic E-state index is 13.5. The van der Waals surface area contributed by atoms with Gasteiger partial charge in [0.05, 0.1) is 20.5 Å². The van der Waals surface area contributed by atoms with Crippen molar-refractivity contribution in [1.82, 2.24) is 0 Å². The summed E-state index contributed by atoms with van der Waals surface area (Å²) in [6, 6.07) is 13.1. The molecule has 12 heteroatoms. The second-order valence-corrected chi connectivity index (χ2v) is 10.8. The van der Waals surface area contributed by atoms with Crippen molar-refractivity contribution in [3.05, 3.63) is 79.6 Å². The third-order valence-electron chi connectivity index (χ3n) is 6.70. The summed E-state index contributed by atoms with van der Waals surface area (Å²) in [5.41, 5.74) is -0.688. The molecule has 0 bridgehead atoms. The van der Waals surface area contributed by atoms with E-state index in [4.69, 9.17) is 0 Å². The van der Waals surface area contributed by atoms with Crippen molar-refractivity contribution in [2.24, 2.45) is 0 Å². The van der Waals surface area contributed by atoms with E-state index < -0.39 is 23.5 Å². The second-order valence-electron chi connectivity index (χ2n) is 8.73. The monoisotopic (exact) mass is 576 g/mol. The normalized spacial score (nSPS) is 13.1. The van der Waals surface area contributed by atoms with Crippen molar-refractivity contribution in [2.45, 2.75) is 12.4 Å². The minimum Gasteiger partial charge on any atom is -0.192 e. The SMILES string of the molecule is N#CC(C#N)=C1c2cc(C(F)(F)F)ccc2-c2c1sc1c3c(sc21)C(=C(C#N)C#N)c1cc(C(F)(F)F)ccc1-3. The van der Waals surface area contributed by atoms with Crippen molar-refractivity contribution in [2.75, 3.05) is 0 Å². The molecule has 0 aliphatic heterocycles. The lowest BCUT2D eigenvalue weighted by Crippen LogP contribution is -2.05. The van der Waals surface area contributed by atoms with Crippen LogP contribution in [-0.2, 0) is 12.4 Å². The van der Waals surface area contributed by atoms with E-state index >= 15 is 0 Å². The zero-order valence-corrected chi connectivity index (χ0v) is 21.0. The summed E-state index contributed by atoms with van der Waals surface area (Å²) < 4.78 is 82.3. The molecule has 4 aromatic rings. The minimum atomic E-state index is -4.67. The highest BCUT2D eigenvalue weighted by molar-refractivity contribution is 7.31. The molecule has 0 unspecified atom stereocenters. The summed E-state index contributed by atoms with van der Waals surface area (Å²) >= 11 is 2.19. The van der Waals surface area contributed by atoms with Crippen molar-refractivity contribution in [3.8, 4) is 46.5 Å². The fraction of sp³-hybridized carbons (Fsp3) is 0.0714. The van der Waals surface area contributed by atoms with Gasteiger partial charge in [-0.3, -0.25) is 0 Å². The number of allylic oxidation sites excluding steroid dienone is 2. The topological polar surface area (TPSA) is 95.2 Å². The Balaban J connectivity index is 1.72. The summed E-state index contributed by atoms with van der Waals surface area (Å²) in [6.45, 7) is 0. The predicted molar refractivity (Wildman–Crippen MR) is 135 cm³/mol. The second kappa shape index (κ2) is 8.31. The molecule has 2 aromatic heterocycles. The van der Waals surface area contributed by atoms with Gasteiger partial charge in [-0.05, 0) is 46.5 Å². The summed E-state index contributed by atoms with van der Waals surface area (Å²) in [6.07, 6.45) is -9.34. The molecule has 0 saturated heterocycles. The zero-order valence-electron chi connectivity index (χ0n) is 19.3. The summed E-state index contributed by atoms with van der Waals surface area (Å²) in [7, 11) is 0. The number of thiophene rings is 2. The third-order valence-corrected chi connectivity index (χ3v) is 9.27. The van der Waals surface area contributed by atoms with E-state index in [0.29, 0.717) is 41.4 Å². The van der Waals surface area contributed by atoms with Crippen molar-refractivity contribution in [3.63, 3.8) is 0 Å². The fourth-order valence-corrected chi connectivity index (χ4v) is 8.14. The highest BCUT2D eigenvalue weighted by Gasteiger charge is 2.40. The molecular formula is C28H6F6N4S2. The Morgan fingerprint density at radius 1 is 0.550 bits per heavy atom. The number of fused-ring (bicyclic) bond motifs is 9. The molecule has 0 amide bonds. The highest BCUT2D eigenvalue weighted by Crippen LogP contribution is 2.62. The number of rotatable bonds is 0. The Hall–Kier alpha value is -4.88. The van der Waals surface area contributed by atoms with E-state index in [1.807, 2.05) is 0 Å². The Morgan fingerprint density at radius 3 is 1.20 bits per heavy atom. The van der Waals surface area contributed by atoms with E-state index in [0.717, 1.165) is 46.9 Å². The smallest absolute Gasteiger partial charge is 0.192 e. The van der Waals surface area contributed by atoms with Gasteiger partial charge in [-0.1, -0.05) is 12.1 Å². The van der Waals surface area contributed by atoms with Gasteiger partial charge in [0, 0.05) is 32.0 Å². The first kappa shape index (κ1) is 25.4. The molecular weight excluding hydrogens is 570 g/mol. The van der Waals surface area contributed by atoms with Crippen molar-refractivity contribution >= 4 is 43.2 Å². The molecule has 4 nitrogen and oxygen atoms in total. The molecule has 0 fully saturated rings. The lowest BCUT2D eigenvalue weighted by molar-refractivity contribution is -0.138. The van der Waals surface area contributed by atoms with Gasteiger partial charge in [-0.25, -0.2) is 0 Å².